The van der Waals surface area contributed by atoms with Gasteiger partial charge in [-0.25, -0.2) is 4.98 Å². The Labute approximate surface area is 184 Å². The van der Waals surface area contributed by atoms with Gasteiger partial charge in [0.05, 0.1) is 17.3 Å². The minimum Gasteiger partial charge on any atom is -0.474 e. The lowest BCUT2D eigenvalue weighted by atomic mass is 9.93. The number of fused-ring (bicyclic) bond motifs is 3. The number of H-pyrrole nitrogens is 1. The number of hydrogen-bond acceptors (Lipinski definition) is 5. The number of amides is 1. The van der Waals surface area contributed by atoms with Crippen LogP contribution in [0.25, 0.3) is 33.7 Å². The quantitative estimate of drug-likeness (QED) is 0.412. The van der Waals surface area contributed by atoms with Crippen molar-refractivity contribution in [3.63, 3.8) is 0 Å². The summed E-state index contributed by atoms with van der Waals surface area (Å²) in [5, 5.41) is 7.46. The maximum atomic E-state index is 12.8. The Balaban J connectivity index is 1.48. The highest BCUT2D eigenvalue weighted by atomic mass is 16.5. The molecule has 4 aromatic rings. The Morgan fingerprint density at radius 3 is 2.88 bits per heavy atom. The molecule has 0 fully saturated rings. The van der Waals surface area contributed by atoms with Crippen LogP contribution < -0.4 is 15.4 Å². The van der Waals surface area contributed by atoms with Crippen molar-refractivity contribution < 1.29 is 9.53 Å². The van der Waals surface area contributed by atoms with E-state index in [2.05, 4.69) is 45.5 Å². The van der Waals surface area contributed by atoms with Crippen LogP contribution in [-0.2, 0) is 4.79 Å². The molecule has 32 heavy (non-hydrogen) atoms. The molecule has 0 radical (unpaired) electrons. The van der Waals surface area contributed by atoms with E-state index in [1.165, 1.54) is 0 Å². The van der Waals surface area contributed by atoms with E-state index in [4.69, 9.17) is 4.74 Å². The van der Waals surface area contributed by atoms with Gasteiger partial charge in [0.15, 0.2) is 0 Å². The third-order valence-corrected chi connectivity index (χ3v) is 6.13. The van der Waals surface area contributed by atoms with Crippen molar-refractivity contribution in [2.75, 3.05) is 23.8 Å². The molecule has 2 aliphatic rings. The first-order chi connectivity index (χ1) is 15.6. The van der Waals surface area contributed by atoms with Gasteiger partial charge >= 0.3 is 0 Å². The van der Waals surface area contributed by atoms with Gasteiger partial charge in [-0.05, 0) is 60.9 Å². The van der Waals surface area contributed by atoms with Crippen LogP contribution in [0.15, 0.2) is 42.9 Å². The number of pyridine rings is 2. The number of rotatable bonds is 2. The number of benzene rings is 1. The summed E-state index contributed by atoms with van der Waals surface area (Å²) in [6, 6.07) is 8.08. The second kappa shape index (κ2) is 6.95. The Morgan fingerprint density at radius 1 is 1.09 bits per heavy atom. The first-order valence-corrected chi connectivity index (χ1v) is 10.6. The fourth-order valence-corrected chi connectivity index (χ4v) is 4.50. The SMILES string of the molecule is Cc1cc2c(cc1-c1cnc3c(c1C)NCCO3)/C(=C/c1cc3ccncc3[nH]1)C(=O)N2. The van der Waals surface area contributed by atoms with Gasteiger partial charge in [-0.3, -0.25) is 9.78 Å². The molecule has 1 aromatic carbocycles. The molecule has 0 saturated carbocycles. The lowest BCUT2D eigenvalue weighted by Gasteiger charge is -2.22. The second-order valence-corrected chi connectivity index (χ2v) is 8.16. The van der Waals surface area contributed by atoms with Crippen LogP contribution in [0.5, 0.6) is 5.88 Å². The van der Waals surface area contributed by atoms with Crippen LogP contribution in [0, 0.1) is 13.8 Å². The van der Waals surface area contributed by atoms with Crippen LogP contribution in [-0.4, -0.2) is 34.0 Å². The number of aromatic amines is 1. The average molecular weight is 423 g/mol. The minimum atomic E-state index is -0.108. The number of aromatic nitrogens is 3. The molecule has 0 aliphatic carbocycles. The monoisotopic (exact) mass is 423 g/mol. The molecule has 0 saturated heterocycles. The zero-order valence-electron chi connectivity index (χ0n) is 17.7. The molecule has 2 aliphatic heterocycles. The topological polar surface area (TPSA) is 91.9 Å². The summed E-state index contributed by atoms with van der Waals surface area (Å²) in [7, 11) is 0. The van der Waals surface area contributed by atoms with Crippen LogP contribution >= 0.6 is 0 Å². The van der Waals surface area contributed by atoms with Crippen molar-refractivity contribution in [3.8, 4) is 17.0 Å². The van der Waals surface area contributed by atoms with Gasteiger partial charge in [-0.15, -0.1) is 0 Å². The highest BCUT2D eigenvalue weighted by molar-refractivity contribution is 6.35. The fourth-order valence-electron chi connectivity index (χ4n) is 4.50. The average Bonchev–Trinajstić information content (AvgIpc) is 3.34. The van der Waals surface area contributed by atoms with Gasteiger partial charge in [0.1, 0.15) is 12.3 Å². The molecule has 158 valence electrons. The fraction of sp³-hybridized carbons (Fsp3) is 0.160. The van der Waals surface area contributed by atoms with Gasteiger partial charge in [0.2, 0.25) is 5.88 Å². The number of nitrogens with one attached hydrogen (secondary N) is 3. The number of carbonyl (C=O) groups is 1. The molecule has 1 amide bonds. The van der Waals surface area contributed by atoms with Gasteiger partial charge < -0.3 is 20.4 Å². The van der Waals surface area contributed by atoms with Gasteiger partial charge in [-0.2, -0.15) is 0 Å². The summed E-state index contributed by atoms with van der Waals surface area (Å²) in [4.78, 5) is 24.8. The molecule has 0 bridgehead atoms. The molecule has 0 spiro atoms. The molecule has 3 aromatic heterocycles. The number of aryl methyl sites for hydroxylation is 1. The number of nitrogens with zero attached hydrogens (tertiary/aromatic N) is 2. The molecule has 0 atom stereocenters. The third-order valence-electron chi connectivity index (χ3n) is 6.13. The second-order valence-electron chi connectivity index (χ2n) is 8.16. The molecule has 3 N–H and O–H groups in total. The number of anilines is 2. The van der Waals surface area contributed by atoms with Gasteiger partial charge in [0, 0.05) is 46.8 Å². The highest BCUT2D eigenvalue weighted by Gasteiger charge is 2.27. The van der Waals surface area contributed by atoms with Gasteiger partial charge in [0.25, 0.3) is 5.91 Å². The lowest BCUT2D eigenvalue weighted by molar-refractivity contribution is -0.110. The zero-order valence-corrected chi connectivity index (χ0v) is 17.7. The van der Waals surface area contributed by atoms with Crippen molar-refractivity contribution in [2.24, 2.45) is 0 Å². The predicted molar refractivity (Wildman–Crippen MR) is 126 cm³/mol. The summed E-state index contributed by atoms with van der Waals surface area (Å²) < 4.78 is 5.68. The van der Waals surface area contributed by atoms with E-state index in [1.54, 1.807) is 12.4 Å². The van der Waals surface area contributed by atoms with Crippen LogP contribution in [0.1, 0.15) is 22.4 Å². The van der Waals surface area contributed by atoms with E-state index in [-0.39, 0.29) is 5.91 Å². The largest absolute Gasteiger partial charge is 0.474 e. The first kappa shape index (κ1) is 18.6. The third kappa shape index (κ3) is 2.85. The number of carbonyl (C=O) groups excluding carboxylic acids is 1. The standard InChI is InChI=1S/C25H21N5O2/c1-13-7-21-18(10-17(13)20-11-28-25-23(14(20)2)27-5-6-32-25)19(24(31)30-21)9-16-8-15-3-4-26-12-22(15)29-16/h3-4,7-12,27,29H,5-6H2,1-2H3,(H,30,31)/b19-9-. The summed E-state index contributed by atoms with van der Waals surface area (Å²) in [5.41, 5.74) is 9.31. The summed E-state index contributed by atoms with van der Waals surface area (Å²) in [5.74, 6) is 0.533. The molecule has 0 unspecified atom stereocenters. The first-order valence-electron chi connectivity index (χ1n) is 10.6. The Kier molecular flexibility index (Phi) is 4.04. The minimum absolute atomic E-state index is 0.108. The van der Waals surface area contributed by atoms with E-state index < -0.39 is 0 Å². The van der Waals surface area contributed by atoms with Crippen molar-refractivity contribution >= 4 is 39.8 Å². The lowest BCUT2D eigenvalue weighted by Crippen LogP contribution is -2.20. The maximum absolute atomic E-state index is 12.8. The molecular weight excluding hydrogens is 402 g/mol. The smallest absolute Gasteiger partial charge is 0.256 e. The Bertz CT molecular complexity index is 1420. The molecule has 7 nitrogen and oxygen atoms in total. The van der Waals surface area contributed by atoms with E-state index in [9.17, 15) is 4.79 Å². The molecular formula is C25H21N5O2. The van der Waals surface area contributed by atoms with Crippen LogP contribution in [0.2, 0.25) is 0 Å². The van der Waals surface area contributed by atoms with Crippen LogP contribution in [0.3, 0.4) is 0 Å². The van der Waals surface area contributed by atoms with Crippen LogP contribution in [0.4, 0.5) is 11.4 Å². The summed E-state index contributed by atoms with van der Waals surface area (Å²) in [6.07, 6.45) is 7.29. The normalized spacial score (nSPS) is 15.8. The summed E-state index contributed by atoms with van der Waals surface area (Å²) >= 11 is 0. The number of hydrogen-bond donors (Lipinski definition) is 3. The van der Waals surface area contributed by atoms with Crippen molar-refractivity contribution in [1.82, 2.24) is 15.0 Å². The molecule has 6 rings (SSSR count). The van der Waals surface area contributed by atoms with E-state index in [0.717, 1.165) is 62.3 Å². The van der Waals surface area contributed by atoms with E-state index in [0.29, 0.717) is 18.1 Å². The highest BCUT2D eigenvalue weighted by Crippen LogP contribution is 2.41. The Hall–Kier alpha value is -4.13. The zero-order chi connectivity index (χ0) is 21.8. The molecule has 7 heteroatoms. The van der Waals surface area contributed by atoms with E-state index >= 15 is 0 Å². The molecule has 5 heterocycles. The summed E-state index contributed by atoms with van der Waals surface area (Å²) in [6.45, 7) is 5.50. The van der Waals surface area contributed by atoms with Crippen molar-refractivity contribution in [3.05, 3.63) is 65.2 Å². The van der Waals surface area contributed by atoms with Crippen molar-refractivity contribution in [1.29, 1.82) is 0 Å². The maximum Gasteiger partial charge on any atom is 0.256 e. The van der Waals surface area contributed by atoms with E-state index in [1.807, 2.05) is 30.5 Å². The Morgan fingerprint density at radius 2 is 2.00 bits per heavy atom. The van der Waals surface area contributed by atoms with Crippen molar-refractivity contribution in [2.45, 2.75) is 13.8 Å². The predicted octanol–water partition coefficient (Wildman–Crippen LogP) is 4.54. The van der Waals surface area contributed by atoms with Gasteiger partial charge in [-0.1, -0.05) is 0 Å². The number of ether oxygens (including phenoxy) is 1.